The molecule has 6 heteroatoms. The molecule has 0 aliphatic carbocycles. The number of ether oxygens (including phenoxy) is 1. The van der Waals surface area contributed by atoms with Crippen LogP contribution in [0.15, 0.2) is 29.2 Å². The first kappa shape index (κ1) is 14.0. The van der Waals surface area contributed by atoms with E-state index in [9.17, 15) is 8.42 Å². The zero-order valence-electron chi connectivity index (χ0n) is 9.85. The fourth-order valence-corrected chi connectivity index (χ4v) is 2.35. The molecule has 0 aliphatic rings. The third-order valence-corrected chi connectivity index (χ3v) is 3.54. The van der Waals surface area contributed by atoms with Gasteiger partial charge in [-0.2, -0.15) is 0 Å². The van der Waals surface area contributed by atoms with Gasteiger partial charge in [-0.05, 0) is 30.7 Å². The van der Waals surface area contributed by atoms with Crippen molar-refractivity contribution < 1.29 is 13.2 Å². The van der Waals surface area contributed by atoms with Crippen LogP contribution in [0.5, 0.6) is 5.75 Å². The highest BCUT2D eigenvalue weighted by atomic mass is 32.2. The molecule has 0 bridgehead atoms. The lowest BCUT2D eigenvalue weighted by Crippen LogP contribution is -2.24. The highest BCUT2D eigenvalue weighted by molar-refractivity contribution is 7.89. The molecule has 5 nitrogen and oxygen atoms in total. The van der Waals surface area contributed by atoms with Crippen molar-refractivity contribution in [3.8, 4) is 5.75 Å². The van der Waals surface area contributed by atoms with Crippen molar-refractivity contribution in [3.05, 3.63) is 24.3 Å². The van der Waals surface area contributed by atoms with Gasteiger partial charge in [0.1, 0.15) is 12.4 Å². The first-order valence-electron chi connectivity index (χ1n) is 5.52. The van der Waals surface area contributed by atoms with Crippen LogP contribution in [0.4, 0.5) is 0 Å². The zero-order valence-corrected chi connectivity index (χ0v) is 10.7. The Balaban J connectivity index is 2.73. The smallest absolute Gasteiger partial charge is 0.240 e. The van der Waals surface area contributed by atoms with Crippen LogP contribution in [0.3, 0.4) is 0 Å². The summed E-state index contributed by atoms with van der Waals surface area (Å²) in [7, 11) is -3.39. The molecular weight excluding hydrogens is 240 g/mol. The average Bonchev–Trinajstić information content (AvgIpc) is 2.34. The molecule has 3 N–H and O–H groups in total. The number of hydrogen-bond acceptors (Lipinski definition) is 4. The Morgan fingerprint density at radius 1 is 1.29 bits per heavy atom. The Bertz CT molecular complexity index is 429. The maximum Gasteiger partial charge on any atom is 0.240 e. The second-order valence-corrected chi connectivity index (χ2v) is 5.27. The maximum absolute atomic E-state index is 11.7. The summed E-state index contributed by atoms with van der Waals surface area (Å²) in [5.74, 6) is 0.616. The van der Waals surface area contributed by atoms with E-state index in [2.05, 4.69) is 4.72 Å². The molecule has 17 heavy (non-hydrogen) atoms. The number of sulfonamides is 1. The van der Waals surface area contributed by atoms with Crippen LogP contribution < -0.4 is 15.2 Å². The van der Waals surface area contributed by atoms with Gasteiger partial charge in [0.05, 0.1) is 4.90 Å². The van der Waals surface area contributed by atoms with Crippen molar-refractivity contribution in [3.63, 3.8) is 0 Å². The standard InChI is InChI=1S/C11H18N2O3S/c1-2-8-13-17(14,15)11-5-3-10(4-6-11)16-9-7-12/h3-6,13H,2,7-9,12H2,1H3. The third kappa shape index (κ3) is 4.33. The quantitative estimate of drug-likeness (QED) is 0.755. The molecule has 0 radical (unpaired) electrons. The Morgan fingerprint density at radius 2 is 1.94 bits per heavy atom. The predicted octanol–water partition coefficient (Wildman–Crippen LogP) is 0.712. The van der Waals surface area contributed by atoms with Crippen LogP contribution in [0, 0.1) is 0 Å². The van der Waals surface area contributed by atoms with Crippen molar-refractivity contribution in [2.45, 2.75) is 18.2 Å². The summed E-state index contributed by atoms with van der Waals surface area (Å²) < 4.78 is 31.3. The summed E-state index contributed by atoms with van der Waals surface area (Å²) in [6.07, 6.45) is 0.761. The number of benzene rings is 1. The summed E-state index contributed by atoms with van der Waals surface area (Å²) in [5.41, 5.74) is 5.30. The van der Waals surface area contributed by atoms with E-state index in [1.807, 2.05) is 6.92 Å². The van der Waals surface area contributed by atoms with Crippen molar-refractivity contribution in [2.24, 2.45) is 5.73 Å². The molecule has 0 saturated heterocycles. The molecule has 0 saturated carbocycles. The Morgan fingerprint density at radius 3 is 2.47 bits per heavy atom. The van der Waals surface area contributed by atoms with E-state index >= 15 is 0 Å². The van der Waals surface area contributed by atoms with Gasteiger partial charge in [-0.3, -0.25) is 0 Å². The monoisotopic (exact) mass is 258 g/mol. The maximum atomic E-state index is 11.7. The summed E-state index contributed by atoms with van der Waals surface area (Å²) in [6, 6.07) is 6.28. The van der Waals surface area contributed by atoms with Crippen LogP contribution in [-0.4, -0.2) is 28.1 Å². The number of nitrogens with two attached hydrogens (primary N) is 1. The molecule has 0 heterocycles. The van der Waals surface area contributed by atoms with Gasteiger partial charge in [0.25, 0.3) is 0 Å². The molecule has 0 atom stereocenters. The highest BCUT2D eigenvalue weighted by Crippen LogP contribution is 2.15. The van der Waals surface area contributed by atoms with Crippen molar-refractivity contribution in [1.82, 2.24) is 4.72 Å². The summed E-state index contributed by atoms with van der Waals surface area (Å²) >= 11 is 0. The van der Waals surface area contributed by atoms with Crippen LogP contribution in [0.1, 0.15) is 13.3 Å². The lowest BCUT2D eigenvalue weighted by molar-refractivity contribution is 0.328. The first-order chi connectivity index (χ1) is 8.10. The number of rotatable bonds is 7. The van der Waals surface area contributed by atoms with Crippen LogP contribution >= 0.6 is 0 Å². The van der Waals surface area contributed by atoms with E-state index in [-0.39, 0.29) is 4.90 Å². The molecule has 0 unspecified atom stereocenters. The van der Waals surface area contributed by atoms with Crippen molar-refractivity contribution in [1.29, 1.82) is 0 Å². The highest BCUT2D eigenvalue weighted by Gasteiger charge is 2.12. The van der Waals surface area contributed by atoms with Gasteiger partial charge in [-0.1, -0.05) is 6.92 Å². The molecule has 0 fully saturated rings. The molecule has 0 aliphatic heterocycles. The lowest BCUT2D eigenvalue weighted by Gasteiger charge is -2.07. The minimum atomic E-state index is -3.39. The second kappa shape index (κ2) is 6.58. The number of hydrogen-bond donors (Lipinski definition) is 2. The largest absolute Gasteiger partial charge is 0.492 e. The van der Waals surface area contributed by atoms with Gasteiger partial charge in [0.2, 0.25) is 10.0 Å². The van der Waals surface area contributed by atoms with E-state index in [4.69, 9.17) is 10.5 Å². The van der Waals surface area contributed by atoms with Crippen LogP contribution in [0.2, 0.25) is 0 Å². The lowest BCUT2D eigenvalue weighted by atomic mass is 10.3. The molecule has 1 rings (SSSR count). The van der Waals surface area contributed by atoms with Crippen molar-refractivity contribution >= 4 is 10.0 Å². The third-order valence-electron chi connectivity index (χ3n) is 2.06. The summed E-state index contributed by atoms with van der Waals surface area (Å²) in [6.45, 7) is 3.19. The molecule has 0 aromatic heterocycles. The second-order valence-electron chi connectivity index (χ2n) is 3.51. The van der Waals surface area contributed by atoms with Gasteiger partial charge >= 0.3 is 0 Å². The fourth-order valence-electron chi connectivity index (χ4n) is 1.21. The SMILES string of the molecule is CCCNS(=O)(=O)c1ccc(OCCN)cc1. The fraction of sp³-hybridized carbons (Fsp3) is 0.455. The molecule has 0 spiro atoms. The molecule has 96 valence electrons. The van der Waals surface area contributed by atoms with Gasteiger partial charge in [-0.25, -0.2) is 13.1 Å². The average molecular weight is 258 g/mol. The zero-order chi connectivity index (χ0) is 12.7. The van der Waals surface area contributed by atoms with Crippen LogP contribution in [0.25, 0.3) is 0 Å². The molecule has 0 amide bonds. The van der Waals surface area contributed by atoms with E-state index in [1.54, 1.807) is 12.1 Å². The van der Waals surface area contributed by atoms with Crippen LogP contribution in [-0.2, 0) is 10.0 Å². The van der Waals surface area contributed by atoms with Gasteiger partial charge < -0.3 is 10.5 Å². The van der Waals surface area contributed by atoms with Gasteiger partial charge in [0, 0.05) is 13.1 Å². The summed E-state index contributed by atoms with van der Waals surface area (Å²) in [4.78, 5) is 0.242. The van der Waals surface area contributed by atoms with E-state index in [1.165, 1.54) is 12.1 Å². The van der Waals surface area contributed by atoms with E-state index in [0.29, 0.717) is 25.4 Å². The van der Waals surface area contributed by atoms with Gasteiger partial charge in [0.15, 0.2) is 0 Å². The number of nitrogens with one attached hydrogen (secondary N) is 1. The minimum Gasteiger partial charge on any atom is -0.492 e. The Kier molecular flexibility index (Phi) is 5.40. The molecular formula is C11H18N2O3S. The minimum absolute atomic E-state index is 0.242. The topological polar surface area (TPSA) is 81.4 Å². The summed E-state index contributed by atoms with van der Waals surface area (Å²) in [5, 5.41) is 0. The predicted molar refractivity (Wildman–Crippen MR) is 66.5 cm³/mol. The van der Waals surface area contributed by atoms with Crippen molar-refractivity contribution in [2.75, 3.05) is 19.7 Å². The Hall–Kier alpha value is -1.11. The van der Waals surface area contributed by atoms with Gasteiger partial charge in [-0.15, -0.1) is 0 Å². The van der Waals surface area contributed by atoms with E-state index in [0.717, 1.165) is 6.42 Å². The molecule has 1 aromatic rings. The molecule has 1 aromatic carbocycles. The van der Waals surface area contributed by atoms with E-state index < -0.39 is 10.0 Å². The Labute approximate surface area is 102 Å². The first-order valence-corrected chi connectivity index (χ1v) is 7.01. The normalized spacial score (nSPS) is 11.4.